The van der Waals surface area contributed by atoms with Crippen LogP contribution in [0.5, 0.6) is 0 Å². The molecule has 0 atom stereocenters. The molecule has 0 fully saturated rings. The number of benzene rings is 1. The van der Waals surface area contributed by atoms with Crippen molar-refractivity contribution >= 4 is 33.4 Å². The van der Waals surface area contributed by atoms with Crippen LogP contribution < -0.4 is 5.32 Å². The van der Waals surface area contributed by atoms with E-state index in [2.05, 4.69) is 27.5 Å². The highest BCUT2D eigenvalue weighted by Gasteiger charge is 2.00. The van der Waals surface area contributed by atoms with E-state index < -0.39 is 0 Å². The Kier molecular flexibility index (Phi) is 6.10. The third-order valence-electron chi connectivity index (χ3n) is 2.02. The van der Waals surface area contributed by atoms with Crippen molar-refractivity contribution in [2.75, 3.05) is 23.9 Å². The van der Waals surface area contributed by atoms with E-state index in [1.165, 1.54) is 24.3 Å². The summed E-state index contributed by atoms with van der Waals surface area (Å²) in [5, 5.41) is 3.22. The van der Waals surface area contributed by atoms with Crippen LogP contribution in [0.25, 0.3) is 0 Å². The predicted octanol–water partition coefficient (Wildman–Crippen LogP) is 4.14. The van der Waals surface area contributed by atoms with Crippen molar-refractivity contribution in [2.45, 2.75) is 12.8 Å². The van der Waals surface area contributed by atoms with Crippen molar-refractivity contribution in [1.29, 1.82) is 0 Å². The zero-order chi connectivity index (χ0) is 11.1. The average Bonchev–Trinajstić information content (AvgIpc) is 2.23. The molecule has 1 rings (SSSR count). The number of nitrogens with one attached hydrogen (secondary N) is 1. The fourth-order valence-corrected chi connectivity index (χ4v) is 2.11. The number of unbranched alkanes of at least 4 members (excludes halogenated alkanes) is 1. The molecule has 0 bridgehead atoms. The fraction of sp³-hybridized carbons (Fsp3) is 0.455. The first-order valence-electron chi connectivity index (χ1n) is 4.92. The summed E-state index contributed by atoms with van der Waals surface area (Å²) in [5.74, 6) is 0.983. The molecule has 0 amide bonds. The Morgan fingerprint density at radius 2 is 2.20 bits per heavy atom. The third kappa shape index (κ3) is 4.89. The maximum atomic E-state index is 12.9. The molecular formula is C11H15BrFNS. The minimum atomic E-state index is -0.204. The summed E-state index contributed by atoms with van der Waals surface area (Å²) in [5.41, 5.74) is 0.833. The topological polar surface area (TPSA) is 12.0 Å². The third-order valence-corrected chi connectivity index (χ3v) is 3.41. The molecule has 0 aliphatic heterocycles. The van der Waals surface area contributed by atoms with Gasteiger partial charge >= 0.3 is 0 Å². The zero-order valence-corrected chi connectivity index (χ0v) is 11.1. The lowest BCUT2D eigenvalue weighted by molar-refractivity contribution is 0.628. The molecule has 0 saturated carbocycles. The maximum absolute atomic E-state index is 12.9. The van der Waals surface area contributed by atoms with Crippen LogP contribution in [0.2, 0.25) is 0 Å². The summed E-state index contributed by atoms with van der Waals surface area (Å²) >= 11 is 5.24. The fourth-order valence-electron chi connectivity index (χ4n) is 1.23. The molecule has 0 heterocycles. The number of hydrogen-bond donors (Lipinski definition) is 1. The second-order valence-corrected chi connectivity index (χ2v) is 5.09. The molecule has 15 heavy (non-hydrogen) atoms. The molecule has 0 spiro atoms. The summed E-state index contributed by atoms with van der Waals surface area (Å²) in [4.78, 5) is 0. The van der Waals surface area contributed by atoms with Gasteiger partial charge in [-0.15, -0.1) is 0 Å². The number of thioether (sulfide) groups is 1. The van der Waals surface area contributed by atoms with Gasteiger partial charge in [0.2, 0.25) is 0 Å². The minimum Gasteiger partial charge on any atom is -0.384 e. The van der Waals surface area contributed by atoms with Gasteiger partial charge < -0.3 is 5.32 Å². The molecule has 0 aromatic heterocycles. The molecule has 1 aromatic carbocycles. The van der Waals surface area contributed by atoms with Gasteiger partial charge in [0.05, 0.1) is 5.69 Å². The monoisotopic (exact) mass is 291 g/mol. The molecular weight excluding hydrogens is 277 g/mol. The normalized spacial score (nSPS) is 10.3. The van der Waals surface area contributed by atoms with Gasteiger partial charge in [-0.3, -0.25) is 0 Å². The quantitative estimate of drug-likeness (QED) is 0.791. The van der Waals surface area contributed by atoms with Crippen molar-refractivity contribution in [3.8, 4) is 0 Å². The highest BCUT2D eigenvalue weighted by Crippen LogP contribution is 2.22. The van der Waals surface area contributed by atoms with E-state index in [4.69, 9.17) is 0 Å². The second-order valence-electron chi connectivity index (χ2n) is 3.25. The predicted molar refractivity (Wildman–Crippen MR) is 70.2 cm³/mol. The van der Waals surface area contributed by atoms with Crippen LogP contribution in [0, 0.1) is 5.82 Å². The van der Waals surface area contributed by atoms with E-state index in [0.29, 0.717) is 0 Å². The summed E-state index contributed by atoms with van der Waals surface area (Å²) in [6, 6.07) is 4.68. The van der Waals surface area contributed by atoms with Gasteiger partial charge in [0.25, 0.3) is 0 Å². The highest BCUT2D eigenvalue weighted by molar-refractivity contribution is 9.10. The lowest BCUT2D eigenvalue weighted by Crippen LogP contribution is -2.02. The first-order chi connectivity index (χ1) is 7.24. The van der Waals surface area contributed by atoms with Gasteiger partial charge in [-0.2, -0.15) is 11.8 Å². The molecule has 0 saturated heterocycles. The van der Waals surface area contributed by atoms with Crippen LogP contribution in [0.1, 0.15) is 12.8 Å². The van der Waals surface area contributed by atoms with E-state index in [1.807, 2.05) is 11.8 Å². The van der Waals surface area contributed by atoms with Crippen molar-refractivity contribution < 1.29 is 4.39 Å². The number of halogens is 2. The molecule has 84 valence electrons. The van der Waals surface area contributed by atoms with Crippen LogP contribution in [-0.4, -0.2) is 18.6 Å². The van der Waals surface area contributed by atoms with Gasteiger partial charge in [-0.05, 0) is 59.0 Å². The molecule has 0 aliphatic rings. The van der Waals surface area contributed by atoms with Crippen LogP contribution in [0.4, 0.5) is 10.1 Å². The lowest BCUT2D eigenvalue weighted by Gasteiger charge is -2.08. The Hall–Kier alpha value is -0.220. The second kappa shape index (κ2) is 7.12. The summed E-state index contributed by atoms with van der Waals surface area (Å²) in [7, 11) is 0. The van der Waals surface area contributed by atoms with Crippen molar-refractivity contribution in [1.82, 2.24) is 0 Å². The molecule has 0 radical (unpaired) electrons. The molecule has 1 N–H and O–H groups in total. The Balaban J connectivity index is 2.33. The van der Waals surface area contributed by atoms with E-state index in [1.54, 1.807) is 6.07 Å². The largest absolute Gasteiger partial charge is 0.384 e. The molecule has 4 heteroatoms. The summed E-state index contributed by atoms with van der Waals surface area (Å²) in [6.45, 7) is 0.891. The SMILES string of the molecule is CSCCCCNc1cc(F)ccc1Br. The van der Waals surface area contributed by atoms with E-state index in [9.17, 15) is 4.39 Å². The Labute approximate surface area is 103 Å². The number of hydrogen-bond acceptors (Lipinski definition) is 2. The Bertz CT molecular complexity index is 307. The first kappa shape index (κ1) is 12.8. The maximum Gasteiger partial charge on any atom is 0.125 e. The van der Waals surface area contributed by atoms with Gasteiger partial charge in [-0.1, -0.05) is 0 Å². The summed E-state index contributed by atoms with van der Waals surface area (Å²) in [6.07, 6.45) is 4.42. The van der Waals surface area contributed by atoms with Crippen LogP contribution >= 0.6 is 27.7 Å². The molecule has 0 unspecified atom stereocenters. The van der Waals surface area contributed by atoms with Crippen molar-refractivity contribution in [2.24, 2.45) is 0 Å². The first-order valence-corrected chi connectivity index (χ1v) is 7.10. The smallest absolute Gasteiger partial charge is 0.125 e. The standard InChI is InChI=1S/C11H15BrFNS/c1-15-7-3-2-6-14-11-8-9(13)4-5-10(11)12/h4-5,8,14H,2-3,6-7H2,1H3. The van der Waals surface area contributed by atoms with Gasteiger partial charge in [-0.25, -0.2) is 4.39 Å². The average molecular weight is 292 g/mol. The number of anilines is 1. The van der Waals surface area contributed by atoms with E-state index >= 15 is 0 Å². The van der Waals surface area contributed by atoms with Crippen LogP contribution in [0.15, 0.2) is 22.7 Å². The summed E-state index contributed by atoms with van der Waals surface area (Å²) < 4.78 is 13.8. The molecule has 0 aliphatic carbocycles. The Morgan fingerprint density at radius 1 is 1.40 bits per heavy atom. The van der Waals surface area contributed by atoms with E-state index in [0.717, 1.165) is 23.1 Å². The zero-order valence-electron chi connectivity index (χ0n) is 8.72. The molecule has 1 aromatic rings. The van der Waals surface area contributed by atoms with Crippen LogP contribution in [-0.2, 0) is 0 Å². The van der Waals surface area contributed by atoms with Crippen LogP contribution in [0.3, 0.4) is 0 Å². The minimum absolute atomic E-state index is 0.204. The molecule has 1 nitrogen and oxygen atoms in total. The van der Waals surface area contributed by atoms with Crippen molar-refractivity contribution in [3.63, 3.8) is 0 Å². The van der Waals surface area contributed by atoms with Gasteiger partial charge in [0.1, 0.15) is 5.82 Å². The lowest BCUT2D eigenvalue weighted by atomic mass is 10.3. The van der Waals surface area contributed by atoms with Gasteiger partial charge in [0.15, 0.2) is 0 Å². The van der Waals surface area contributed by atoms with E-state index in [-0.39, 0.29) is 5.82 Å². The van der Waals surface area contributed by atoms with Crippen molar-refractivity contribution in [3.05, 3.63) is 28.5 Å². The highest BCUT2D eigenvalue weighted by atomic mass is 79.9. The Morgan fingerprint density at radius 3 is 2.93 bits per heavy atom. The van der Waals surface area contributed by atoms with Gasteiger partial charge in [0, 0.05) is 11.0 Å². The number of rotatable bonds is 6.